The van der Waals surface area contributed by atoms with E-state index in [9.17, 15) is 0 Å². The van der Waals surface area contributed by atoms with E-state index in [1.54, 1.807) is 0 Å². The first-order valence-electron chi connectivity index (χ1n) is 8.15. The number of hydrogen-bond donors (Lipinski definition) is 1. The monoisotopic (exact) mass is 275 g/mol. The number of benzene rings is 1. The molecule has 2 rings (SSSR count). The summed E-state index contributed by atoms with van der Waals surface area (Å²) >= 11 is 0. The van der Waals surface area contributed by atoms with Crippen molar-refractivity contribution >= 4 is 0 Å². The fourth-order valence-electron chi connectivity index (χ4n) is 3.32. The van der Waals surface area contributed by atoms with Gasteiger partial charge in [-0.2, -0.15) is 0 Å². The molecule has 0 bridgehead atoms. The number of rotatable bonds is 6. The van der Waals surface area contributed by atoms with Crippen LogP contribution in [-0.2, 0) is 0 Å². The minimum Gasteiger partial charge on any atom is -0.494 e. The second-order valence-electron chi connectivity index (χ2n) is 6.24. The minimum absolute atomic E-state index is 0.356. The Morgan fingerprint density at radius 1 is 1.30 bits per heavy atom. The van der Waals surface area contributed by atoms with E-state index >= 15 is 0 Å². The van der Waals surface area contributed by atoms with Crippen molar-refractivity contribution in [3.8, 4) is 5.75 Å². The van der Waals surface area contributed by atoms with Crippen molar-refractivity contribution in [2.45, 2.75) is 52.5 Å². The van der Waals surface area contributed by atoms with E-state index in [4.69, 9.17) is 4.74 Å². The second-order valence-corrected chi connectivity index (χ2v) is 6.24. The van der Waals surface area contributed by atoms with E-state index in [0.717, 1.165) is 30.7 Å². The summed E-state index contributed by atoms with van der Waals surface area (Å²) in [7, 11) is 0. The molecule has 1 aromatic carbocycles. The van der Waals surface area contributed by atoms with Crippen LogP contribution in [0.1, 0.15) is 58.1 Å². The van der Waals surface area contributed by atoms with Crippen LogP contribution in [0.4, 0.5) is 0 Å². The summed E-state index contributed by atoms with van der Waals surface area (Å²) in [6.45, 7) is 8.53. The predicted molar refractivity (Wildman–Crippen MR) is 85.2 cm³/mol. The molecule has 20 heavy (non-hydrogen) atoms. The maximum Gasteiger partial charge on any atom is 0.124 e. The molecule has 2 nitrogen and oxygen atoms in total. The van der Waals surface area contributed by atoms with E-state index < -0.39 is 0 Å². The van der Waals surface area contributed by atoms with Crippen molar-refractivity contribution < 1.29 is 4.74 Å². The van der Waals surface area contributed by atoms with Gasteiger partial charge < -0.3 is 10.1 Å². The Labute approximate surface area is 123 Å². The van der Waals surface area contributed by atoms with Crippen LogP contribution in [0.25, 0.3) is 0 Å². The van der Waals surface area contributed by atoms with Gasteiger partial charge in [0.25, 0.3) is 0 Å². The standard InChI is InChI=1S/C18H29NO/c1-4-20-18-11-6-5-10-17(18)15(3)19-13-16-9-7-8-14(2)12-16/h5-6,10-11,14-16,19H,4,7-9,12-13H2,1-3H3. The summed E-state index contributed by atoms with van der Waals surface area (Å²) in [5, 5.41) is 3.71. The first kappa shape index (κ1) is 15.4. The first-order chi connectivity index (χ1) is 9.70. The normalized spacial score (nSPS) is 24.4. The maximum atomic E-state index is 5.73. The van der Waals surface area contributed by atoms with Crippen molar-refractivity contribution in [3.05, 3.63) is 29.8 Å². The third-order valence-corrected chi connectivity index (χ3v) is 4.44. The Morgan fingerprint density at radius 2 is 2.10 bits per heavy atom. The topological polar surface area (TPSA) is 21.3 Å². The molecule has 2 heteroatoms. The van der Waals surface area contributed by atoms with Crippen LogP contribution in [0, 0.1) is 11.8 Å². The van der Waals surface area contributed by atoms with Gasteiger partial charge in [-0.3, -0.25) is 0 Å². The molecule has 0 amide bonds. The fourth-order valence-corrected chi connectivity index (χ4v) is 3.32. The zero-order valence-electron chi connectivity index (χ0n) is 13.2. The molecule has 112 valence electrons. The van der Waals surface area contributed by atoms with Crippen LogP contribution in [0.15, 0.2) is 24.3 Å². The Bertz CT molecular complexity index is 404. The third-order valence-electron chi connectivity index (χ3n) is 4.44. The van der Waals surface area contributed by atoms with Crippen molar-refractivity contribution in [2.24, 2.45) is 11.8 Å². The SMILES string of the molecule is CCOc1ccccc1C(C)NCC1CCCC(C)C1. The average molecular weight is 275 g/mol. The highest BCUT2D eigenvalue weighted by Gasteiger charge is 2.20. The molecule has 0 saturated heterocycles. The number of nitrogens with one attached hydrogen (secondary N) is 1. The van der Waals surface area contributed by atoms with E-state index in [1.165, 1.54) is 31.2 Å². The predicted octanol–water partition coefficient (Wildman–Crippen LogP) is 4.56. The van der Waals surface area contributed by atoms with Crippen molar-refractivity contribution in [1.82, 2.24) is 5.32 Å². The highest BCUT2D eigenvalue weighted by Crippen LogP contribution is 2.29. The van der Waals surface area contributed by atoms with Crippen molar-refractivity contribution in [3.63, 3.8) is 0 Å². The lowest BCUT2D eigenvalue weighted by Gasteiger charge is -2.28. The van der Waals surface area contributed by atoms with E-state index in [2.05, 4.69) is 37.4 Å². The molecule has 0 heterocycles. The Balaban J connectivity index is 1.89. The van der Waals surface area contributed by atoms with Gasteiger partial charge in [0.15, 0.2) is 0 Å². The molecular formula is C18H29NO. The lowest BCUT2D eigenvalue weighted by atomic mass is 9.82. The molecule has 1 N–H and O–H groups in total. The summed E-state index contributed by atoms with van der Waals surface area (Å²) in [4.78, 5) is 0. The highest BCUT2D eigenvalue weighted by molar-refractivity contribution is 5.35. The van der Waals surface area contributed by atoms with Crippen molar-refractivity contribution in [2.75, 3.05) is 13.2 Å². The Hall–Kier alpha value is -1.02. The molecule has 0 aromatic heterocycles. The minimum atomic E-state index is 0.356. The lowest BCUT2D eigenvalue weighted by molar-refractivity contribution is 0.267. The fraction of sp³-hybridized carbons (Fsp3) is 0.667. The molecule has 0 aliphatic heterocycles. The third kappa shape index (κ3) is 4.24. The van der Waals surface area contributed by atoms with Gasteiger partial charge in [-0.25, -0.2) is 0 Å². The average Bonchev–Trinajstić information content (AvgIpc) is 2.46. The molecule has 3 unspecified atom stereocenters. The molecule has 1 saturated carbocycles. The van der Waals surface area contributed by atoms with Crippen LogP contribution in [0.5, 0.6) is 5.75 Å². The first-order valence-corrected chi connectivity index (χ1v) is 8.15. The summed E-state index contributed by atoms with van der Waals surface area (Å²) in [6, 6.07) is 8.74. The number of hydrogen-bond acceptors (Lipinski definition) is 2. The summed E-state index contributed by atoms with van der Waals surface area (Å²) < 4.78 is 5.73. The van der Waals surface area contributed by atoms with Crippen LogP contribution in [0.3, 0.4) is 0 Å². The Kier molecular flexibility index (Phi) is 5.90. The summed E-state index contributed by atoms with van der Waals surface area (Å²) in [5.41, 5.74) is 1.28. The maximum absolute atomic E-state index is 5.73. The molecule has 0 radical (unpaired) electrons. The van der Waals surface area contributed by atoms with E-state index in [-0.39, 0.29) is 0 Å². The van der Waals surface area contributed by atoms with Gasteiger partial charge >= 0.3 is 0 Å². The highest BCUT2D eigenvalue weighted by atomic mass is 16.5. The molecule has 1 fully saturated rings. The quantitative estimate of drug-likeness (QED) is 0.821. The van der Waals surface area contributed by atoms with Gasteiger partial charge in [0.2, 0.25) is 0 Å². The largest absolute Gasteiger partial charge is 0.494 e. The van der Waals surface area contributed by atoms with Crippen molar-refractivity contribution in [1.29, 1.82) is 0 Å². The van der Waals surface area contributed by atoms with Gasteiger partial charge in [0.1, 0.15) is 5.75 Å². The number of para-hydroxylation sites is 1. The van der Waals surface area contributed by atoms with Crippen LogP contribution in [-0.4, -0.2) is 13.2 Å². The van der Waals surface area contributed by atoms with Gasteiger partial charge in [0, 0.05) is 11.6 Å². The van der Waals surface area contributed by atoms with Gasteiger partial charge in [-0.1, -0.05) is 38.0 Å². The van der Waals surface area contributed by atoms with Crippen LogP contribution in [0.2, 0.25) is 0 Å². The molecule has 1 aromatic rings. The molecule has 0 spiro atoms. The molecule has 1 aliphatic rings. The van der Waals surface area contributed by atoms with Crippen LogP contribution < -0.4 is 10.1 Å². The zero-order chi connectivity index (χ0) is 14.4. The van der Waals surface area contributed by atoms with Gasteiger partial charge in [-0.15, -0.1) is 0 Å². The summed E-state index contributed by atoms with van der Waals surface area (Å²) in [5.74, 6) is 2.77. The number of ether oxygens (including phenoxy) is 1. The Morgan fingerprint density at radius 3 is 2.85 bits per heavy atom. The lowest BCUT2D eigenvalue weighted by Crippen LogP contribution is -2.29. The second kappa shape index (κ2) is 7.68. The van der Waals surface area contributed by atoms with E-state index in [0.29, 0.717) is 6.04 Å². The van der Waals surface area contributed by atoms with Gasteiger partial charge in [0.05, 0.1) is 6.61 Å². The van der Waals surface area contributed by atoms with E-state index in [1.807, 2.05) is 13.0 Å². The molecule has 3 atom stereocenters. The summed E-state index contributed by atoms with van der Waals surface area (Å²) in [6.07, 6.45) is 5.58. The molecule has 1 aliphatic carbocycles. The molecular weight excluding hydrogens is 246 g/mol. The van der Waals surface area contributed by atoms with Crippen LogP contribution >= 0.6 is 0 Å². The zero-order valence-corrected chi connectivity index (χ0v) is 13.2. The van der Waals surface area contributed by atoms with Gasteiger partial charge in [-0.05, 0) is 51.1 Å². The smallest absolute Gasteiger partial charge is 0.124 e.